The van der Waals surface area contributed by atoms with E-state index in [0.717, 1.165) is 86.8 Å². The number of halogens is 4. The van der Waals surface area contributed by atoms with Gasteiger partial charge >= 0.3 is 15.6 Å². The lowest BCUT2D eigenvalue weighted by atomic mass is 9.98. The molecule has 2 aromatic heterocycles. The summed E-state index contributed by atoms with van der Waals surface area (Å²) in [4.78, 5) is 20.5. The number of hydrogen-bond acceptors (Lipinski definition) is 11. The summed E-state index contributed by atoms with van der Waals surface area (Å²) in [6.45, 7) is 23.7. The number of ether oxygens (including phenoxy) is 2. The molecule has 22 heteroatoms. The molecule has 0 aliphatic carbocycles. The highest BCUT2D eigenvalue weighted by Crippen LogP contribution is 2.32. The molecule has 0 unspecified atom stereocenters. The molecule has 0 fully saturated rings. The van der Waals surface area contributed by atoms with Crippen LogP contribution in [0.1, 0.15) is 39.2 Å². The van der Waals surface area contributed by atoms with Crippen molar-refractivity contribution in [2.45, 2.75) is 70.3 Å². The van der Waals surface area contributed by atoms with Gasteiger partial charge < -0.3 is 13.7 Å². The number of non-ortho nitro benzene ring substituents is 2. The van der Waals surface area contributed by atoms with Gasteiger partial charge in [0, 0.05) is 73.5 Å². The van der Waals surface area contributed by atoms with Crippen LogP contribution in [0, 0.1) is 23.8 Å². The molecule has 0 aliphatic heterocycles. The van der Waals surface area contributed by atoms with Crippen LogP contribution < -0.4 is 0 Å². The molecule has 6 aromatic carbocycles. The first-order chi connectivity index (χ1) is 38.2. The van der Waals surface area contributed by atoms with E-state index >= 15 is 0 Å². The van der Waals surface area contributed by atoms with Crippen LogP contribution in [0.3, 0.4) is 0 Å². The number of fused-ring (bicyclic) bond motifs is 2. The molecule has 0 radical (unpaired) electrons. The van der Waals surface area contributed by atoms with Crippen LogP contribution in [0.4, 0.5) is 24.5 Å². The minimum absolute atomic E-state index is 0.0453. The Morgan fingerprint density at radius 2 is 1.04 bits per heavy atom. The molecule has 0 saturated heterocycles. The summed E-state index contributed by atoms with van der Waals surface area (Å²) in [5, 5.41) is 33.5. The number of hydrogen-bond donors (Lipinski definition) is 0. The molecular formula is C59H62F3IN6O9SSi2. The molecule has 0 aliphatic rings. The summed E-state index contributed by atoms with van der Waals surface area (Å²) in [6.07, 6.45) is 8.26. The Labute approximate surface area is 484 Å². The molecule has 2 heterocycles. The number of aromatic nitrogens is 4. The Bertz CT molecular complexity index is 3690. The molecule has 15 nitrogen and oxygen atoms in total. The maximum Gasteiger partial charge on any atom is 0.534 e. The molecule has 0 bridgehead atoms. The smallest absolute Gasteiger partial charge is 0.376 e. The van der Waals surface area contributed by atoms with Gasteiger partial charge in [0.05, 0.1) is 32.3 Å². The van der Waals surface area contributed by atoms with Crippen molar-refractivity contribution in [3.8, 4) is 0 Å². The van der Waals surface area contributed by atoms with Crippen molar-refractivity contribution in [2.75, 3.05) is 13.2 Å². The highest BCUT2D eigenvalue weighted by Gasteiger charge is 2.48. The minimum Gasteiger partial charge on any atom is -0.376 e. The van der Waals surface area contributed by atoms with Gasteiger partial charge in [-0.1, -0.05) is 156 Å². The maximum atomic E-state index is 12.1. The summed E-state index contributed by atoms with van der Waals surface area (Å²) in [5.41, 5.74) is 2.23. The number of rotatable bonds is 21. The highest BCUT2D eigenvalue weighted by molar-refractivity contribution is 14.1. The van der Waals surface area contributed by atoms with Crippen LogP contribution in [0.15, 0.2) is 159 Å². The molecule has 0 atom stereocenters. The summed E-state index contributed by atoms with van der Waals surface area (Å²) in [7, 11) is -8.11. The average molecular weight is 1270 g/mol. The Morgan fingerprint density at radius 3 is 1.49 bits per heavy atom. The molecular weight excluding hydrogens is 1210 g/mol. The van der Waals surface area contributed by atoms with Crippen LogP contribution in [0.5, 0.6) is 0 Å². The fourth-order valence-corrected chi connectivity index (χ4v) is 9.98. The SMILES string of the molecule is C=C(OS(=O)(=O)C(F)(F)F)c1cccc([N+](=O)[O-])c1.C=C(c1cccc([N+](=O)[O-])c1)c1ccc2c(/C=C/c3ccccc3)nn(COCC[Si](C)(C)C)c2c1.C[Si](C)(C)CCOCn1nc(/C=C/c2ccccc2)c2ccc(I)cc21. The number of nitro groups is 2. The third kappa shape index (κ3) is 18.9. The van der Waals surface area contributed by atoms with Crippen LogP contribution in [0.2, 0.25) is 51.4 Å². The van der Waals surface area contributed by atoms with Gasteiger partial charge in [0.2, 0.25) is 0 Å². The highest BCUT2D eigenvalue weighted by atomic mass is 127. The number of nitro benzene ring substituents is 2. The molecule has 8 aromatic rings. The van der Waals surface area contributed by atoms with Gasteiger partial charge in [0.25, 0.3) is 11.4 Å². The first-order valence-corrected chi connectivity index (χ1v) is 35.3. The van der Waals surface area contributed by atoms with Crippen LogP contribution in [0.25, 0.3) is 57.4 Å². The van der Waals surface area contributed by atoms with Crippen molar-refractivity contribution in [3.63, 3.8) is 0 Å². The lowest BCUT2D eigenvalue weighted by Gasteiger charge is -2.15. The largest absolute Gasteiger partial charge is 0.534 e. The normalized spacial score (nSPS) is 12.0. The Kier molecular flexibility index (Phi) is 21.6. The van der Waals surface area contributed by atoms with Gasteiger partial charge in [-0.05, 0) is 105 Å². The zero-order valence-electron chi connectivity index (χ0n) is 45.6. The van der Waals surface area contributed by atoms with Gasteiger partial charge in [-0.3, -0.25) is 20.2 Å². The van der Waals surface area contributed by atoms with E-state index in [2.05, 4.69) is 134 Å². The van der Waals surface area contributed by atoms with E-state index in [1.807, 2.05) is 82.2 Å². The van der Waals surface area contributed by atoms with Gasteiger partial charge in [0.15, 0.2) is 0 Å². The van der Waals surface area contributed by atoms with Gasteiger partial charge in [-0.2, -0.15) is 31.8 Å². The summed E-state index contributed by atoms with van der Waals surface area (Å²) >= 11 is 2.35. The van der Waals surface area contributed by atoms with Crippen molar-refractivity contribution in [3.05, 3.63) is 222 Å². The second-order valence-electron chi connectivity index (χ2n) is 20.8. The van der Waals surface area contributed by atoms with Crippen molar-refractivity contribution in [2.24, 2.45) is 0 Å². The predicted molar refractivity (Wildman–Crippen MR) is 331 cm³/mol. The predicted octanol–water partition coefficient (Wildman–Crippen LogP) is 16.0. The van der Waals surface area contributed by atoms with Crippen LogP contribution in [-0.2, 0) is 37.2 Å². The molecule has 81 heavy (non-hydrogen) atoms. The molecule has 0 spiro atoms. The molecule has 0 N–H and O–H groups in total. The van der Waals surface area contributed by atoms with Gasteiger partial charge in [-0.15, -0.1) is 0 Å². The zero-order chi connectivity index (χ0) is 59.1. The fraction of sp³-hybridized carbons (Fsp3) is 0.220. The number of benzene rings is 6. The standard InChI is InChI=1S/C29H31N3O3Si.C21H25IN2OSi.C9H6F3NO5S/c1-22(24-11-8-12-26(19-24)32(33)34)25-14-15-27-28(16-13-23-9-6-5-7-10-23)30-31(29(27)20-25)21-35-17-18-36(2,3)4;1-26(2,3)14-13-25-16-24-21-15-18(22)10-11-19(21)20(23-24)12-9-17-7-5-4-6-8-17;1-6(18-19(16,17)9(10,11)12)7-3-2-4-8(5-7)13(14)15/h5-16,19-20H,1,17-18,21H2,2-4H3;4-12,15H,13-14,16H2,1-3H3;2-5H,1H2/b16-13+;12-9+;. The third-order valence-corrected chi connectivity index (χ3v) is 17.1. The zero-order valence-corrected chi connectivity index (χ0v) is 50.6. The van der Waals surface area contributed by atoms with Crippen LogP contribution in [-0.4, -0.2) is 72.7 Å². The Morgan fingerprint density at radius 1 is 0.605 bits per heavy atom. The van der Waals surface area contributed by atoms with E-state index in [-0.39, 0.29) is 11.3 Å². The van der Waals surface area contributed by atoms with Crippen molar-refractivity contribution >= 4 is 118 Å². The molecule has 0 saturated carbocycles. The summed E-state index contributed by atoms with van der Waals surface area (Å²) < 4.78 is 78.4. The Balaban J connectivity index is 0.000000207. The number of nitrogens with zero attached hydrogens (tertiary/aromatic N) is 6. The van der Waals surface area contributed by atoms with Crippen molar-refractivity contribution in [1.82, 2.24) is 19.6 Å². The lowest BCUT2D eigenvalue weighted by molar-refractivity contribution is -0.385. The second-order valence-corrected chi connectivity index (χ2v) is 34.9. The molecule has 8 rings (SSSR count). The van der Waals surface area contributed by atoms with E-state index in [4.69, 9.17) is 19.7 Å². The second kappa shape index (κ2) is 27.9. The fourth-order valence-electron chi connectivity index (χ4n) is 7.53. The Hall–Kier alpha value is -7.36. The van der Waals surface area contributed by atoms with Gasteiger partial charge in [0.1, 0.15) is 19.2 Å². The number of alkyl halides is 3. The van der Waals surface area contributed by atoms with E-state index in [1.165, 1.54) is 21.2 Å². The topological polar surface area (TPSA) is 184 Å². The summed E-state index contributed by atoms with van der Waals surface area (Å²) in [6, 6.07) is 45.9. The van der Waals surface area contributed by atoms with E-state index in [1.54, 1.807) is 12.1 Å². The average Bonchev–Trinajstić information content (AvgIpc) is 4.17. The first kappa shape index (κ1) is 62.8. The third-order valence-electron chi connectivity index (χ3n) is 12.0. The quantitative estimate of drug-likeness (QED) is 0.00975. The first-order valence-electron chi connectivity index (χ1n) is 25.3. The van der Waals surface area contributed by atoms with Crippen molar-refractivity contribution in [1.29, 1.82) is 0 Å². The monoisotopic (exact) mass is 1270 g/mol. The van der Waals surface area contributed by atoms with E-state index < -0.39 is 53.1 Å². The molecule has 424 valence electrons. The van der Waals surface area contributed by atoms with E-state index in [0.29, 0.717) is 25.6 Å². The lowest BCUT2D eigenvalue weighted by Crippen LogP contribution is -2.24. The van der Waals surface area contributed by atoms with Crippen molar-refractivity contribution < 1.29 is 45.1 Å². The van der Waals surface area contributed by atoms with Crippen LogP contribution >= 0.6 is 22.6 Å². The van der Waals surface area contributed by atoms with E-state index in [9.17, 15) is 41.8 Å². The molecule has 0 amide bonds. The minimum atomic E-state index is -5.85. The van der Waals surface area contributed by atoms with Gasteiger partial charge in [-0.25, -0.2) is 9.36 Å². The summed E-state index contributed by atoms with van der Waals surface area (Å²) in [5.74, 6) is -0.860. The maximum absolute atomic E-state index is 12.1.